The molecule has 2 unspecified atom stereocenters. The zero-order valence-electron chi connectivity index (χ0n) is 21.2. The van der Waals surface area contributed by atoms with E-state index in [0.717, 1.165) is 12.0 Å². The number of hydrogen-bond donors (Lipinski definition) is 0. The van der Waals surface area contributed by atoms with E-state index >= 15 is 0 Å². The van der Waals surface area contributed by atoms with Crippen molar-refractivity contribution in [1.82, 2.24) is 0 Å². The number of ether oxygens (including phenoxy) is 1. The van der Waals surface area contributed by atoms with Gasteiger partial charge in [-0.3, -0.25) is 0 Å². The summed E-state index contributed by atoms with van der Waals surface area (Å²) in [5.41, 5.74) is 10.4. The fraction of sp³-hybridized carbons (Fsp3) is 0.727. The molecule has 0 amide bonds. The summed E-state index contributed by atoms with van der Waals surface area (Å²) in [6.07, 6.45) is 1.23. The number of nitrogens with zero attached hydrogens (tertiary/aromatic N) is 3. The molecule has 4 atom stereocenters. The third-order valence-electron chi connectivity index (χ3n) is 4.83. The van der Waals surface area contributed by atoms with Crippen LogP contribution in [0.2, 0.25) is 58.9 Å². The molecule has 1 aromatic rings. The Morgan fingerprint density at radius 3 is 2.03 bits per heavy atom. The zero-order chi connectivity index (χ0) is 24.2. The van der Waals surface area contributed by atoms with Crippen LogP contribution in [-0.2, 0) is 24.4 Å². The Labute approximate surface area is 196 Å². The van der Waals surface area contributed by atoms with E-state index in [2.05, 4.69) is 68.9 Å². The summed E-state index contributed by atoms with van der Waals surface area (Å²) < 4.78 is 26.2. The van der Waals surface area contributed by atoms with Crippen LogP contribution < -0.4 is 0 Å². The molecule has 0 radical (unpaired) electrons. The van der Waals surface area contributed by atoms with Gasteiger partial charge in [0.05, 0.1) is 31.0 Å². The molecular weight excluding hydrogens is 455 g/mol. The second-order valence-corrected chi connectivity index (χ2v) is 24.9. The minimum absolute atomic E-state index is 0.00941. The molecule has 0 N–H and O–H groups in total. The molecule has 0 bridgehead atoms. The van der Waals surface area contributed by atoms with E-state index in [0.29, 0.717) is 18.7 Å². The third kappa shape index (κ3) is 9.88. The highest BCUT2D eigenvalue weighted by atomic mass is 28.4. The molecule has 1 saturated heterocycles. The van der Waals surface area contributed by atoms with Crippen LogP contribution in [0.5, 0.6) is 0 Å². The van der Waals surface area contributed by atoms with Crippen LogP contribution in [-0.4, -0.2) is 56.0 Å². The van der Waals surface area contributed by atoms with Crippen molar-refractivity contribution in [3.63, 3.8) is 0 Å². The number of rotatable bonds is 10. The Morgan fingerprint density at radius 1 is 0.938 bits per heavy atom. The summed E-state index contributed by atoms with van der Waals surface area (Å²) in [6.45, 7) is 20.5. The molecule has 1 aromatic carbocycles. The molecule has 1 aliphatic heterocycles. The lowest BCUT2D eigenvalue weighted by Gasteiger charge is -2.46. The standard InChI is InChI=1S/C22H41N3O4Si3/c1-30(2,3)26-16-19-15-21(28-31(4,5)6)22(29-32(7,8)9)20(27-19)14-17-10-12-18(13-11-17)24-25-23/h10-13,19-22H,14-16H2,1-9H3/t19-,20+,21?,22?/m0/s1. The largest absolute Gasteiger partial charge is 0.415 e. The third-order valence-corrected chi connectivity index (χ3v) is 7.85. The van der Waals surface area contributed by atoms with Gasteiger partial charge in [-0.15, -0.1) is 0 Å². The van der Waals surface area contributed by atoms with Gasteiger partial charge in [-0.2, -0.15) is 0 Å². The summed E-state index contributed by atoms with van der Waals surface area (Å²) in [5.74, 6) is 0. The van der Waals surface area contributed by atoms with Gasteiger partial charge in [-0.05, 0) is 70.0 Å². The van der Waals surface area contributed by atoms with E-state index in [1.807, 2.05) is 24.3 Å². The lowest BCUT2D eigenvalue weighted by molar-refractivity contribution is -0.164. The van der Waals surface area contributed by atoms with E-state index in [1.165, 1.54) is 0 Å². The van der Waals surface area contributed by atoms with Crippen LogP contribution in [0.1, 0.15) is 12.0 Å². The maximum atomic E-state index is 8.66. The van der Waals surface area contributed by atoms with Crippen LogP contribution >= 0.6 is 0 Å². The molecule has 0 spiro atoms. The molecule has 0 aromatic heterocycles. The lowest BCUT2D eigenvalue weighted by Crippen LogP contribution is -2.57. The first-order valence-corrected chi connectivity index (χ1v) is 21.7. The molecule has 0 aliphatic carbocycles. The van der Waals surface area contributed by atoms with Crippen molar-refractivity contribution in [3.8, 4) is 0 Å². The van der Waals surface area contributed by atoms with Crippen LogP contribution in [0.3, 0.4) is 0 Å². The summed E-state index contributed by atoms with van der Waals surface area (Å²) >= 11 is 0. The normalized spacial score (nSPS) is 24.8. The average molecular weight is 496 g/mol. The Balaban J connectivity index is 2.31. The first kappa shape index (κ1) is 27.3. The highest BCUT2D eigenvalue weighted by Gasteiger charge is 2.44. The Kier molecular flexibility index (Phi) is 9.34. The quantitative estimate of drug-likeness (QED) is 0.158. The van der Waals surface area contributed by atoms with Crippen LogP contribution in [0.4, 0.5) is 5.69 Å². The van der Waals surface area contributed by atoms with Crippen LogP contribution in [0, 0.1) is 0 Å². The van der Waals surface area contributed by atoms with Crippen molar-refractivity contribution in [2.24, 2.45) is 5.11 Å². The fourth-order valence-electron chi connectivity index (χ4n) is 3.74. The number of benzene rings is 1. The van der Waals surface area contributed by atoms with Gasteiger partial charge in [-0.25, -0.2) is 0 Å². The maximum absolute atomic E-state index is 8.66. The van der Waals surface area contributed by atoms with Gasteiger partial charge in [0.2, 0.25) is 0 Å². The summed E-state index contributed by atoms with van der Waals surface area (Å²) in [5, 5.41) is 3.67. The minimum atomic E-state index is -1.84. The molecule has 1 heterocycles. The van der Waals surface area contributed by atoms with Gasteiger partial charge in [0.25, 0.3) is 0 Å². The molecule has 1 aliphatic rings. The maximum Gasteiger partial charge on any atom is 0.184 e. The van der Waals surface area contributed by atoms with Gasteiger partial charge < -0.3 is 18.0 Å². The fourth-order valence-corrected chi connectivity index (χ4v) is 6.68. The Bertz CT molecular complexity index is 782. The smallest absolute Gasteiger partial charge is 0.184 e. The summed E-state index contributed by atoms with van der Waals surface area (Å²) in [7, 11) is -5.27. The second kappa shape index (κ2) is 11.0. The van der Waals surface area contributed by atoms with Crippen LogP contribution in [0.15, 0.2) is 29.4 Å². The molecular formula is C22H41N3O4Si3. The summed E-state index contributed by atoms with van der Waals surface area (Å²) in [6, 6.07) is 7.67. The zero-order valence-corrected chi connectivity index (χ0v) is 24.2. The van der Waals surface area contributed by atoms with Crippen molar-refractivity contribution in [2.45, 2.75) is 96.2 Å². The van der Waals surface area contributed by atoms with E-state index in [1.54, 1.807) is 0 Å². The molecule has 32 heavy (non-hydrogen) atoms. The van der Waals surface area contributed by atoms with Crippen molar-refractivity contribution < 1.29 is 18.0 Å². The van der Waals surface area contributed by atoms with Crippen molar-refractivity contribution >= 4 is 30.6 Å². The first-order valence-electron chi connectivity index (χ1n) is 11.4. The molecule has 10 heteroatoms. The highest BCUT2D eigenvalue weighted by molar-refractivity contribution is 6.70. The van der Waals surface area contributed by atoms with Gasteiger partial charge in [0.15, 0.2) is 25.0 Å². The van der Waals surface area contributed by atoms with Crippen LogP contribution in [0.25, 0.3) is 10.4 Å². The number of azide groups is 1. The van der Waals surface area contributed by atoms with Gasteiger partial charge in [0.1, 0.15) is 0 Å². The van der Waals surface area contributed by atoms with Gasteiger partial charge >= 0.3 is 0 Å². The van der Waals surface area contributed by atoms with Gasteiger partial charge in [-0.1, -0.05) is 29.4 Å². The van der Waals surface area contributed by atoms with Crippen molar-refractivity contribution in [2.75, 3.05) is 6.61 Å². The first-order chi connectivity index (χ1) is 14.6. The monoisotopic (exact) mass is 495 g/mol. The topological polar surface area (TPSA) is 85.7 Å². The average Bonchev–Trinajstić information content (AvgIpc) is 2.62. The second-order valence-electron chi connectivity index (χ2n) is 11.5. The van der Waals surface area contributed by atoms with E-state index in [4.69, 9.17) is 23.5 Å². The predicted molar refractivity (Wildman–Crippen MR) is 138 cm³/mol. The minimum Gasteiger partial charge on any atom is -0.415 e. The highest BCUT2D eigenvalue weighted by Crippen LogP contribution is 2.32. The van der Waals surface area contributed by atoms with E-state index < -0.39 is 25.0 Å². The van der Waals surface area contributed by atoms with Crippen molar-refractivity contribution in [1.29, 1.82) is 0 Å². The van der Waals surface area contributed by atoms with Crippen molar-refractivity contribution in [3.05, 3.63) is 40.3 Å². The van der Waals surface area contributed by atoms with E-state index in [-0.39, 0.29) is 24.4 Å². The SMILES string of the molecule is C[Si](C)(C)OC[C@@H]1CC(O[Si](C)(C)C)C(O[Si](C)(C)C)[C@@H](Cc2ccc(N=[N+]=[N-])cc2)O1. The molecule has 180 valence electrons. The Hall–Kier alpha value is -0.979. The predicted octanol–water partition coefficient (Wildman–Crippen LogP) is 6.62. The Morgan fingerprint density at radius 2 is 1.53 bits per heavy atom. The molecule has 7 nitrogen and oxygen atoms in total. The molecule has 1 fully saturated rings. The summed E-state index contributed by atoms with van der Waals surface area (Å²) in [4.78, 5) is 2.86. The van der Waals surface area contributed by atoms with E-state index in [9.17, 15) is 0 Å². The molecule has 2 rings (SSSR count). The molecule has 0 saturated carbocycles. The number of hydrogen-bond acceptors (Lipinski definition) is 5. The lowest BCUT2D eigenvalue weighted by atomic mass is 9.93. The van der Waals surface area contributed by atoms with Gasteiger partial charge in [0, 0.05) is 23.4 Å².